The van der Waals surface area contributed by atoms with E-state index in [-0.39, 0.29) is 5.78 Å². The van der Waals surface area contributed by atoms with Gasteiger partial charge in [-0.1, -0.05) is 60.1 Å². The quantitative estimate of drug-likeness (QED) is 0.602. The first-order chi connectivity index (χ1) is 9.65. The SMILES string of the molecule is Cc1ccc(C(=O)c2ccc3ccccc3c2)cc1Cl. The van der Waals surface area contributed by atoms with Crippen molar-refractivity contribution in [3.05, 3.63) is 82.4 Å². The van der Waals surface area contributed by atoms with Gasteiger partial charge in [0.25, 0.3) is 0 Å². The van der Waals surface area contributed by atoms with Crippen LogP contribution in [0, 0.1) is 6.92 Å². The summed E-state index contributed by atoms with van der Waals surface area (Å²) in [5.41, 5.74) is 2.28. The number of carbonyl (C=O) groups is 1. The van der Waals surface area contributed by atoms with Gasteiger partial charge < -0.3 is 0 Å². The number of halogens is 1. The van der Waals surface area contributed by atoms with E-state index >= 15 is 0 Å². The first-order valence-corrected chi connectivity index (χ1v) is 6.82. The molecule has 0 aliphatic heterocycles. The lowest BCUT2D eigenvalue weighted by atomic mass is 9.99. The summed E-state index contributed by atoms with van der Waals surface area (Å²) in [5.74, 6) is -0.00217. The van der Waals surface area contributed by atoms with Crippen molar-refractivity contribution in [3.63, 3.8) is 0 Å². The van der Waals surface area contributed by atoms with E-state index in [2.05, 4.69) is 0 Å². The molecule has 0 spiro atoms. The zero-order valence-electron chi connectivity index (χ0n) is 11.1. The number of aryl methyl sites for hydroxylation is 1. The molecular weight excluding hydrogens is 268 g/mol. The van der Waals surface area contributed by atoms with E-state index in [1.54, 1.807) is 6.07 Å². The topological polar surface area (TPSA) is 17.1 Å². The van der Waals surface area contributed by atoms with Crippen LogP contribution < -0.4 is 0 Å². The first kappa shape index (κ1) is 12.9. The maximum atomic E-state index is 12.5. The molecule has 0 N–H and O–H groups in total. The zero-order valence-corrected chi connectivity index (χ0v) is 11.8. The Hall–Kier alpha value is -2.12. The van der Waals surface area contributed by atoms with Gasteiger partial charge in [0, 0.05) is 16.1 Å². The van der Waals surface area contributed by atoms with Crippen molar-refractivity contribution in [1.29, 1.82) is 0 Å². The van der Waals surface area contributed by atoms with E-state index in [9.17, 15) is 4.79 Å². The fraction of sp³-hybridized carbons (Fsp3) is 0.0556. The number of benzene rings is 3. The minimum absolute atomic E-state index is 0.00217. The van der Waals surface area contributed by atoms with Crippen LogP contribution in [0.4, 0.5) is 0 Å². The number of hydrogen-bond acceptors (Lipinski definition) is 1. The Labute approximate surface area is 122 Å². The van der Waals surface area contributed by atoms with E-state index in [0.29, 0.717) is 16.1 Å². The van der Waals surface area contributed by atoms with Crippen molar-refractivity contribution in [2.45, 2.75) is 6.92 Å². The maximum absolute atomic E-state index is 12.5. The van der Waals surface area contributed by atoms with Crippen molar-refractivity contribution < 1.29 is 4.79 Å². The minimum Gasteiger partial charge on any atom is -0.289 e. The highest BCUT2D eigenvalue weighted by atomic mass is 35.5. The van der Waals surface area contributed by atoms with Crippen LogP contribution in [0.1, 0.15) is 21.5 Å². The van der Waals surface area contributed by atoms with E-state index < -0.39 is 0 Å². The standard InChI is InChI=1S/C18H13ClO/c1-12-6-7-16(11-17(12)19)18(20)15-9-8-13-4-2-3-5-14(13)10-15/h2-11H,1H3. The smallest absolute Gasteiger partial charge is 0.193 e. The van der Waals surface area contributed by atoms with Crippen molar-refractivity contribution in [2.24, 2.45) is 0 Å². The molecule has 0 radical (unpaired) electrons. The third-order valence-corrected chi connectivity index (χ3v) is 3.85. The van der Waals surface area contributed by atoms with Crippen molar-refractivity contribution in [1.82, 2.24) is 0 Å². The van der Waals surface area contributed by atoms with Crippen LogP contribution in [-0.4, -0.2) is 5.78 Å². The molecule has 0 saturated carbocycles. The lowest BCUT2D eigenvalue weighted by molar-refractivity contribution is 0.103. The normalized spacial score (nSPS) is 10.7. The molecule has 0 unspecified atom stereocenters. The van der Waals surface area contributed by atoms with Crippen molar-refractivity contribution in [3.8, 4) is 0 Å². The van der Waals surface area contributed by atoms with Gasteiger partial charge in [0.05, 0.1) is 0 Å². The van der Waals surface area contributed by atoms with Gasteiger partial charge in [-0.25, -0.2) is 0 Å². The number of ketones is 1. The summed E-state index contributed by atoms with van der Waals surface area (Å²) in [6.45, 7) is 1.92. The zero-order chi connectivity index (χ0) is 14.1. The van der Waals surface area contributed by atoms with Crippen LogP contribution in [0.15, 0.2) is 60.7 Å². The predicted octanol–water partition coefficient (Wildman–Crippen LogP) is 5.03. The van der Waals surface area contributed by atoms with Crippen LogP contribution >= 0.6 is 11.6 Å². The minimum atomic E-state index is -0.00217. The molecular formula is C18H13ClO. The summed E-state index contributed by atoms with van der Waals surface area (Å²) in [5, 5.41) is 2.82. The number of hydrogen-bond donors (Lipinski definition) is 0. The highest BCUT2D eigenvalue weighted by Gasteiger charge is 2.10. The van der Waals surface area contributed by atoms with Crippen LogP contribution in [0.2, 0.25) is 5.02 Å². The molecule has 0 saturated heterocycles. The number of rotatable bonds is 2. The summed E-state index contributed by atoms with van der Waals surface area (Å²) in [4.78, 5) is 12.5. The highest BCUT2D eigenvalue weighted by Crippen LogP contribution is 2.21. The van der Waals surface area contributed by atoms with Crippen LogP contribution in [-0.2, 0) is 0 Å². The molecule has 3 aromatic carbocycles. The second kappa shape index (κ2) is 5.10. The Kier molecular flexibility index (Phi) is 3.29. The monoisotopic (exact) mass is 280 g/mol. The molecule has 0 aliphatic rings. The Balaban J connectivity index is 2.05. The van der Waals surface area contributed by atoms with Gasteiger partial charge in [-0.15, -0.1) is 0 Å². The molecule has 98 valence electrons. The van der Waals surface area contributed by atoms with Gasteiger partial charge >= 0.3 is 0 Å². The van der Waals surface area contributed by atoms with Gasteiger partial charge in [-0.2, -0.15) is 0 Å². The maximum Gasteiger partial charge on any atom is 0.193 e. The van der Waals surface area contributed by atoms with Crippen molar-refractivity contribution >= 4 is 28.2 Å². The molecule has 0 aromatic heterocycles. The van der Waals surface area contributed by atoms with Crippen molar-refractivity contribution in [2.75, 3.05) is 0 Å². The Morgan fingerprint density at radius 2 is 1.50 bits per heavy atom. The molecule has 0 heterocycles. The molecule has 3 rings (SSSR count). The molecule has 0 fully saturated rings. The van der Waals surface area contributed by atoms with Gasteiger partial charge in [0.15, 0.2) is 5.78 Å². The third kappa shape index (κ3) is 2.33. The molecule has 0 bridgehead atoms. The van der Waals surface area contributed by atoms with Gasteiger partial charge in [-0.3, -0.25) is 4.79 Å². The summed E-state index contributed by atoms with van der Waals surface area (Å²) >= 11 is 6.09. The Morgan fingerprint density at radius 3 is 2.25 bits per heavy atom. The van der Waals surface area contributed by atoms with Gasteiger partial charge in [0.2, 0.25) is 0 Å². The number of fused-ring (bicyclic) bond motifs is 1. The van der Waals surface area contributed by atoms with Crippen LogP contribution in [0.25, 0.3) is 10.8 Å². The Bertz CT molecular complexity index is 805. The molecule has 2 heteroatoms. The lowest BCUT2D eigenvalue weighted by Gasteiger charge is -2.05. The van der Waals surface area contributed by atoms with E-state index in [1.807, 2.05) is 61.5 Å². The largest absolute Gasteiger partial charge is 0.289 e. The van der Waals surface area contributed by atoms with Crippen LogP contribution in [0.3, 0.4) is 0 Å². The van der Waals surface area contributed by atoms with E-state index in [4.69, 9.17) is 11.6 Å². The average Bonchev–Trinajstić information content (AvgIpc) is 2.49. The molecule has 0 aliphatic carbocycles. The molecule has 0 atom stereocenters. The molecule has 1 nitrogen and oxygen atoms in total. The number of carbonyl (C=O) groups excluding carboxylic acids is 1. The summed E-state index contributed by atoms with van der Waals surface area (Å²) in [6, 6.07) is 19.2. The van der Waals surface area contributed by atoms with E-state index in [0.717, 1.165) is 16.3 Å². The fourth-order valence-corrected chi connectivity index (χ4v) is 2.41. The lowest BCUT2D eigenvalue weighted by Crippen LogP contribution is -2.01. The second-order valence-electron chi connectivity index (χ2n) is 4.86. The van der Waals surface area contributed by atoms with Gasteiger partial charge in [-0.05, 0) is 35.4 Å². The second-order valence-corrected chi connectivity index (χ2v) is 5.26. The van der Waals surface area contributed by atoms with Gasteiger partial charge in [0.1, 0.15) is 0 Å². The molecule has 0 amide bonds. The third-order valence-electron chi connectivity index (χ3n) is 3.45. The predicted molar refractivity (Wildman–Crippen MR) is 83.6 cm³/mol. The molecule has 3 aromatic rings. The van der Waals surface area contributed by atoms with Crippen LogP contribution in [0.5, 0.6) is 0 Å². The summed E-state index contributed by atoms with van der Waals surface area (Å²) < 4.78 is 0. The highest BCUT2D eigenvalue weighted by molar-refractivity contribution is 6.32. The van der Waals surface area contributed by atoms with E-state index in [1.165, 1.54) is 0 Å². The first-order valence-electron chi connectivity index (χ1n) is 6.45. The Morgan fingerprint density at radius 1 is 0.850 bits per heavy atom. The summed E-state index contributed by atoms with van der Waals surface area (Å²) in [6.07, 6.45) is 0. The summed E-state index contributed by atoms with van der Waals surface area (Å²) in [7, 11) is 0. The molecule has 20 heavy (non-hydrogen) atoms. The fourth-order valence-electron chi connectivity index (χ4n) is 2.23. The average molecular weight is 281 g/mol.